The molecule has 0 bridgehead atoms. The summed E-state index contributed by atoms with van der Waals surface area (Å²) in [6.07, 6.45) is -2.61. The van der Waals surface area contributed by atoms with Gasteiger partial charge in [-0.2, -0.15) is 5.26 Å². The van der Waals surface area contributed by atoms with E-state index in [4.69, 9.17) is 5.26 Å². The van der Waals surface area contributed by atoms with Crippen molar-refractivity contribution in [2.75, 3.05) is 0 Å². The van der Waals surface area contributed by atoms with Crippen LogP contribution in [0.3, 0.4) is 0 Å². The molecule has 0 aliphatic heterocycles. The summed E-state index contributed by atoms with van der Waals surface area (Å²) in [6, 6.07) is 3.24. The van der Waals surface area contributed by atoms with Crippen molar-refractivity contribution in [3.05, 3.63) is 27.5 Å². The molecule has 1 aromatic rings. The zero-order valence-electron chi connectivity index (χ0n) is 6.68. The quantitative estimate of drug-likeness (QED) is 0.715. The largest absolute Gasteiger partial charge is 0.280 e. The summed E-state index contributed by atoms with van der Waals surface area (Å²) in [6.45, 7) is 1.50. The van der Waals surface area contributed by atoms with Crippen LogP contribution in [0, 0.1) is 18.3 Å². The molecular formula is C8H5BrF2N2. The molecule has 68 valence electrons. The Labute approximate surface area is 82.3 Å². The summed E-state index contributed by atoms with van der Waals surface area (Å²) in [5.41, 5.74) is 0.308. The second-order valence-corrected chi connectivity index (χ2v) is 3.19. The monoisotopic (exact) mass is 246 g/mol. The molecule has 0 fully saturated rings. The van der Waals surface area contributed by atoms with E-state index in [2.05, 4.69) is 20.9 Å². The van der Waals surface area contributed by atoms with Gasteiger partial charge < -0.3 is 0 Å². The van der Waals surface area contributed by atoms with Crippen molar-refractivity contribution in [2.24, 2.45) is 0 Å². The lowest BCUT2D eigenvalue weighted by Gasteiger charge is -2.04. The molecule has 0 unspecified atom stereocenters. The molecule has 1 rings (SSSR count). The van der Waals surface area contributed by atoms with Crippen molar-refractivity contribution >= 4 is 15.9 Å². The van der Waals surface area contributed by atoms with Gasteiger partial charge in [-0.25, -0.2) is 13.8 Å². The molecule has 0 N–H and O–H groups in total. The van der Waals surface area contributed by atoms with Gasteiger partial charge in [-0.05, 0) is 34.5 Å². The number of aromatic nitrogens is 1. The maximum atomic E-state index is 12.3. The summed E-state index contributed by atoms with van der Waals surface area (Å²) in [5, 5.41) is 8.56. The van der Waals surface area contributed by atoms with Crippen LogP contribution in [0.5, 0.6) is 0 Å². The molecule has 0 amide bonds. The van der Waals surface area contributed by atoms with Crippen LogP contribution in [0.1, 0.15) is 23.2 Å². The summed E-state index contributed by atoms with van der Waals surface area (Å²) in [4.78, 5) is 3.59. The number of halogens is 3. The van der Waals surface area contributed by atoms with Crippen LogP contribution in [0.4, 0.5) is 8.78 Å². The van der Waals surface area contributed by atoms with Gasteiger partial charge in [0.2, 0.25) is 0 Å². The molecule has 0 aromatic carbocycles. The lowest BCUT2D eigenvalue weighted by molar-refractivity contribution is 0.145. The van der Waals surface area contributed by atoms with E-state index in [0.29, 0.717) is 5.56 Å². The minimum Gasteiger partial charge on any atom is -0.238 e. The minimum absolute atomic E-state index is 0.163. The normalized spacial score (nSPS) is 10.2. The molecule has 0 atom stereocenters. The highest BCUT2D eigenvalue weighted by Crippen LogP contribution is 2.24. The van der Waals surface area contributed by atoms with Gasteiger partial charge in [0, 0.05) is 0 Å². The van der Waals surface area contributed by atoms with Crippen molar-refractivity contribution in [3.63, 3.8) is 0 Å². The van der Waals surface area contributed by atoms with Gasteiger partial charge in [0.25, 0.3) is 6.43 Å². The van der Waals surface area contributed by atoms with Gasteiger partial charge >= 0.3 is 0 Å². The van der Waals surface area contributed by atoms with E-state index in [1.165, 1.54) is 13.0 Å². The molecule has 0 aliphatic carbocycles. The molecule has 0 spiro atoms. The Morgan fingerprint density at radius 1 is 1.62 bits per heavy atom. The third-order valence-corrected chi connectivity index (χ3v) is 2.14. The minimum atomic E-state index is -2.61. The van der Waals surface area contributed by atoms with Gasteiger partial charge in [0.15, 0.2) is 0 Å². The number of hydrogen-bond acceptors (Lipinski definition) is 2. The molecule has 1 aromatic heterocycles. The maximum absolute atomic E-state index is 12.3. The zero-order valence-corrected chi connectivity index (χ0v) is 8.27. The highest BCUT2D eigenvalue weighted by Gasteiger charge is 2.14. The van der Waals surface area contributed by atoms with Crippen molar-refractivity contribution in [3.8, 4) is 6.07 Å². The van der Waals surface area contributed by atoms with Crippen molar-refractivity contribution in [2.45, 2.75) is 13.3 Å². The van der Waals surface area contributed by atoms with Crippen molar-refractivity contribution < 1.29 is 8.78 Å². The smallest absolute Gasteiger partial charge is 0.238 e. The average molecular weight is 247 g/mol. The second kappa shape index (κ2) is 3.79. The molecule has 2 nitrogen and oxygen atoms in total. The second-order valence-electron chi connectivity index (χ2n) is 2.44. The van der Waals surface area contributed by atoms with Crippen LogP contribution in [-0.2, 0) is 0 Å². The van der Waals surface area contributed by atoms with Crippen LogP contribution < -0.4 is 0 Å². The fourth-order valence-electron chi connectivity index (χ4n) is 0.903. The molecule has 1 heterocycles. The van der Waals surface area contributed by atoms with Crippen LogP contribution in [0.15, 0.2) is 10.7 Å². The van der Waals surface area contributed by atoms with E-state index in [1.807, 2.05) is 6.07 Å². The van der Waals surface area contributed by atoms with Crippen LogP contribution in [-0.4, -0.2) is 4.98 Å². The molecule has 5 heteroatoms. The number of rotatable bonds is 1. The molecule has 13 heavy (non-hydrogen) atoms. The topological polar surface area (TPSA) is 36.7 Å². The Bertz CT molecular complexity index is 371. The van der Waals surface area contributed by atoms with Crippen molar-refractivity contribution in [1.29, 1.82) is 5.26 Å². The predicted molar refractivity (Wildman–Crippen MR) is 46.3 cm³/mol. The fraction of sp³-hybridized carbons (Fsp3) is 0.250. The number of aryl methyl sites for hydroxylation is 1. The molecule has 0 saturated carbocycles. The highest BCUT2D eigenvalue weighted by atomic mass is 79.9. The van der Waals surface area contributed by atoms with E-state index in [1.54, 1.807) is 0 Å². The number of pyridine rings is 1. The highest BCUT2D eigenvalue weighted by molar-refractivity contribution is 9.10. The van der Waals surface area contributed by atoms with Gasteiger partial charge in [-0.3, -0.25) is 0 Å². The van der Waals surface area contributed by atoms with Crippen molar-refractivity contribution in [1.82, 2.24) is 4.98 Å². The standard InChI is InChI=1S/C8H5BrF2N2/c1-4-2-5(3-12)7(9)13-6(4)8(10)11/h2,8H,1H3. The molecular weight excluding hydrogens is 242 g/mol. The lowest BCUT2D eigenvalue weighted by atomic mass is 10.2. The number of alkyl halides is 2. The maximum Gasteiger partial charge on any atom is 0.280 e. The van der Waals surface area contributed by atoms with Gasteiger partial charge in [-0.15, -0.1) is 0 Å². The summed E-state index contributed by atoms with van der Waals surface area (Å²) >= 11 is 2.94. The summed E-state index contributed by atoms with van der Waals surface area (Å²) in [5.74, 6) is 0. The number of hydrogen-bond donors (Lipinski definition) is 0. The van der Waals surface area contributed by atoms with Gasteiger partial charge in [-0.1, -0.05) is 0 Å². The summed E-state index contributed by atoms with van der Waals surface area (Å²) < 4.78 is 24.7. The first kappa shape index (κ1) is 10.1. The van der Waals surface area contributed by atoms with E-state index >= 15 is 0 Å². The van der Waals surface area contributed by atoms with E-state index in [-0.39, 0.29) is 15.9 Å². The van der Waals surface area contributed by atoms with Gasteiger partial charge in [0.05, 0.1) is 5.56 Å². The van der Waals surface area contributed by atoms with Crippen LogP contribution >= 0.6 is 15.9 Å². The zero-order chi connectivity index (χ0) is 10.0. The molecule has 0 aliphatic rings. The Hall–Kier alpha value is -1.02. The first-order valence-electron chi connectivity index (χ1n) is 3.41. The lowest BCUT2D eigenvalue weighted by Crippen LogP contribution is -1.97. The Kier molecular flexibility index (Phi) is 2.94. The van der Waals surface area contributed by atoms with Gasteiger partial charge in [0.1, 0.15) is 16.4 Å². The number of nitriles is 1. The average Bonchev–Trinajstić information content (AvgIpc) is 2.07. The molecule has 0 saturated heterocycles. The Morgan fingerprint density at radius 3 is 2.69 bits per heavy atom. The van der Waals surface area contributed by atoms with E-state index in [0.717, 1.165) is 0 Å². The summed E-state index contributed by atoms with van der Waals surface area (Å²) in [7, 11) is 0. The predicted octanol–water partition coefficient (Wildman–Crippen LogP) is 2.96. The molecule has 0 radical (unpaired) electrons. The van der Waals surface area contributed by atoms with E-state index < -0.39 is 6.43 Å². The van der Waals surface area contributed by atoms with Crippen LogP contribution in [0.25, 0.3) is 0 Å². The first-order chi connectivity index (χ1) is 6.06. The Morgan fingerprint density at radius 2 is 2.23 bits per heavy atom. The van der Waals surface area contributed by atoms with Crippen LogP contribution in [0.2, 0.25) is 0 Å². The third-order valence-electron chi connectivity index (χ3n) is 1.53. The van der Waals surface area contributed by atoms with E-state index in [9.17, 15) is 8.78 Å². The Balaban J connectivity index is 3.31. The number of nitrogens with zero attached hydrogens (tertiary/aromatic N) is 2. The third kappa shape index (κ3) is 2.01. The fourth-order valence-corrected chi connectivity index (χ4v) is 1.30. The first-order valence-corrected chi connectivity index (χ1v) is 4.21. The SMILES string of the molecule is Cc1cc(C#N)c(Br)nc1C(F)F.